The highest BCUT2D eigenvalue weighted by molar-refractivity contribution is 14.1. The van der Waals surface area contributed by atoms with Crippen LogP contribution in [0.2, 0.25) is 0 Å². The molecule has 0 heterocycles. The van der Waals surface area contributed by atoms with Crippen molar-refractivity contribution in [1.29, 1.82) is 0 Å². The monoisotopic (exact) mass is 384 g/mol. The summed E-state index contributed by atoms with van der Waals surface area (Å²) < 4.78 is 14.0. The number of benzene rings is 2. The van der Waals surface area contributed by atoms with Crippen molar-refractivity contribution in [2.75, 3.05) is 0 Å². The van der Waals surface area contributed by atoms with Crippen LogP contribution in [0.5, 0.6) is 0 Å². The van der Waals surface area contributed by atoms with E-state index in [1.165, 1.54) is 30.3 Å². The number of hydrogen-bond acceptors (Lipinski definition) is 2. The lowest BCUT2D eigenvalue weighted by molar-refractivity contribution is 0.0999. The first-order valence-corrected chi connectivity index (χ1v) is 6.68. The number of halogens is 2. The fraction of sp³-hybridized carbons (Fsp3) is 0. The Morgan fingerprint density at radius 1 is 0.950 bits per heavy atom. The molecule has 0 aromatic heterocycles. The van der Waals surface area contributed by atoms with Crippen molar-refractivity contribution in [3.05, 3.63) is 56.9 Å². The van der Waals surface area contributed by atoms with Gasteiger partial charge in [0.2, 0.25) is 11.8 Å². The first-order chi connectivity index (χ1) is 9.43. The van der Waals surface area contributed by atoms with Gasteiger partial charge in [-0.3, -0.25) is 9.59 Å². The van der Waals surface area contributed by atoms with Crippen LogP contribution in [0.1, 0.15) is 20.7 Å². The lowest BCUT2D eigenvalue weighted by Crippen LogP contribution is -2.18. The van der Waals surface area contributed by atoms with Crippen molar-refractivity contribution in [1.82, 2.24) is 0 Å². The average Bonchev–Trinajstić information content (AvgIpc) is 2.41. The van der Waals surface area contributed by atoms with Crippen LogP contribution in [0.3, 0.4) is 0 Å². The summed E-state index contributed by atoms with van der Waals surface area (Å²) in [5, 5.41) is 0. The van der Waals surface area contributed by atoms with Crippen molar-refractivity contribution in [3.63, 3.8) is 0 Å². The summed E-state index contributed by atoms with van der Waals surface area (Å²) in [7, 11) is 0. The van der Waals surface area contributed by atoms with Crippen molar-refractivity contribution in [2.45, 2.75) is 0 Å². The zero-order chi connectivity index (χ0) is 14.9. The van der Waals surface area contributed by atoms with E-state index in [0.717, 1.165) is 0 Å². The largest absolute Gasteiger partial charge is 0.366 e. The van der Waals surface area contributed by atoms with Gasteiger partial charge >= 0.3 is 0 Å². The van der Waals surface area contributed by atoms with E-state index in [9.17, 15) is 14.0 Å². The molecule has 0 radical (unpaired) electrons. The average molecular weight is 384 g/mol. The van der Waals surface area contributed by atoms with E-state index >= 15 is 0 Å². The molecule has 2 aromatic rings. The van der Waals surface area contributed by atoms with E-state index in [4.69, 9.17) is 11.5 Å². The number of carbonyl (C=O) groups is 2. The summed E-state index contributed by atoms with van der Waals surface area (Å²) in [5.41, 5.74) is 11.6. The molecule has 0 saturated carbocycles. The summed E-state index contributed by atoms with van der Waals surface area (Å²) in [6.07, 6.45) is 0. The Bertz CT molecular complexity index is 684. The molecule has 4 nitrogen and oxygen atoms in total. The third-order valence-corrected chi connectivity index (χ3v) is 3.91. The topological polar surface area (TPSA) is 86.2 Å². The van der Waals surface area contributed by atoms with Gasteiger partial charge in [0.1, 0.15) is 5.82 Å². The van der Waals surface area contributed by atoms with Gasteiger partial charge in [0.15, 0.2) is 0 Å². The number of amides is 2. The van der Waals surface area contributed by atoms with Crippen LogP contribution < -0.4 is 11.5 Å². The lowest BCUT2D eigenvalue weighted by atomic mass is 9.93. The third kappa shape index (κ3) is 2.51. The number of hydrogen-bond donors (Lipinski definition) is 2. The smallest absolute Gasteiger partial charge is 0.249 e. The van der Waals surface area contributed by atoms with E-state index in [1.807, 2.05) is 22.6 Å². The summed E-state index contributed by atoms with van der Waals surface area (Å²) in [5.74, 6) is -1.86. The Morgan fingerprint density at radius 2 is 1.45 bits per heavy atom. The lowest BCUT2D eigenvalue weighted by Gasteiger charge is -2.13. The van der Waals surface area contributed by atoms with Gasteiger partial charge in [-0.05, 0) is 46.4 Å². The van der Waals surface area contributed by atoms with E-state index < -0.39 is 17.6 Å². The second-order valence-corrected chi connectivity index (χ2v) is 5.14. The number of carbonyl (C=O) groups excluding carboxylic acids is 2. The first kappa shape index (κ1) is 14.4. The Labute approximate surface area is 128 Å². The molecule has 2 aromatic carbocycles. The van der Waals surface area contributed by atoms with Crippen molar-refractivity contribution in [3.8, 4) is 11.1 Å². The molecule has 0 spiro atoms. The van der Waals surface area contributed by atoms with Gasteiger partial charge in [-0.25, -0.2) is 4.39 Å². The maximum Gasteiger partial charge on any atom is 0.249 e. The predicted molar refractivity (Wildman–Crippen MR) is 81.6 cm³/mol. The van der Waals surface area contributed by atoms with Crippen LogP contribution in [-0.2, 0) is 0 Å². The minimum absolute atomic E-state index is 0.129. The van der Waals surface area contributed by atoms with Gasteiger partial charge in [0.05, 0.1) is 3.57 Å². The SMILES string of the molecule is NC(=O)c1cccc(C(N)=O)c1-c1cccc(F)c1I. The maximum absolute atomic E-state index is 13.7. The molecule has 102 valence electrons. The summed E-state index contributed by atoms with van der Waals surface area (Å²) in [6, 6.07) is 8.86. The fourth-order valence-corrected chi connectivity index (χ4v) is 2.58. The Morgan fingerprint density at radius 3 is 1.95 bits per heavy atom. The standard InChI is InChI=1S/C14H10FIN2O2/c15-10-6-2-3-7(12(10)16)11-8(13(17)19)4-1-5-9(11)14(18)20/h1-6H,(H2,17,19)(H2,18,20). The molecule has 0 fully saturated rings. The molecule has 0 saturated heterocycles. The molecule has 2 amide bonds. The zero-order valence-corrected chi connectivity index (χ0v) is 12.3. The van der Waals surface area contributed by atoms with Crippen LogP contribution in [0, 0.1) is 9.39 Å². The normalized spacial score (nSPS) is 10.3. The van der Waals surface area contributed by atoms with Crippen LogP contribution >= 0.6 is 22.6 Å². The van der Waals surface area contributed by atoms with Gasteiger partial charge < -0.3 is 11.5 Å². The maximum atomic E-state index is 13.7. The molecule has 6 heteroatoms. The van der Waals surface area contributed by atoms with Crippen molar-refractivity contribution < 1.29 is 14.0 Å². The highest BCUT2D eigenvalue weighted by Gasteiger charge is 2.20. The first-order valence-electron chi connectivity index (χ1n) is 5.60. The molecular formula is C14H10FIN2O2. The molecule has 0 atom stereocenters. The Hall–Kier alpha value is -1.96. The molecule has 0 aliphatic carbocycles. The van der Waals surface area contributed by atoms with Gasteiger partial charge in [-0.1, -0.05) is 18.2 Å². The highest BCUT2D eigenvalue weighted by atomic mass is 127. The van der Waals surface area contributed by atoms with Gasteiger partial charge in [-0.15, -0.1) is 0 Å². The Kier molecular flexibility index (Phi) is 4.03. The van der Waals surface area contributed by atoms with E-state index in [2.05, 4.69) is 0 Å². The van der Waals surface area contributed by atoms with Crippen LogP contribution in [0.15, 0.2) is 36.4 Å². The molecule has 0 unspecified atom stereocenters. The minimum Gasteiger partial charge on any atom is -0.366 e. The molecular weight excluding hydrogens is 374 g/mol. The zero-order valence-electron chi connectivity index (χ0n) is 10.2. The quantitative estimate of drug-likeness (QED) is 0.796. The van der Waals surface area contributed by atoms with E-state index in [1.54, 1.807) is 6.07 Å². The molecule has 2 rings (SSSR count). The molecule has 20 heavy (non-hydrogen) atoms. The second kappa shape index (κ2) is 5.58. The highest BCUT2D eigenvalue weighted by Crippen LogP contribution is 2.32. The second-order valence-electron chi connectivity index (χ2n) is 4.06. The van der Waals surface area contributed by atoms with Gasteiger partial charge in [0, 0.05) is 16.7 Å². The minimum atomic E-state index is -0.705. The number of rotatable bonds is 3. The summed E-state index contributed by atoms with van der Waals surface area (Å²) in [6.45, 7) is 0. The Balaban J connectivity index is 2.87. The molecule has 0 aliphatic rings. The van der Waals surface area contributed by atoms with Crippen molar-refractivity contribution in [2.24, 2.45) is 11.5 Å². The molecule has 4 N–H and O–H groups in total. The third-order valence-electron chi connectivity index (χ3n) is 2.82. The molecule has 0 bridgehead atoms. The molecule has 0 aliphatic heterocycles. The van der Waals surface area contributed by atoms with Crippen LogP contribution in [0.25, 0.3) is 11.1 Å². The van der Waals surface area contributed by atoms with Crippen LogP contribution in [-0.4, -0.2) is 11.8 Å². The van der Waals surface area contributed by atoms with Gasteiger partial charge in [0.25, 0.3) is 0 Å². The van der Waals surface area contributed by atoms with Crippen LogP contribution in [0.4, 0.5) is 4.39 Å². The van der Waals surface area contributed by atoms with E-state index in [-0.39, 0.29) is 16.7 Å². The summed E-state index contributed by atoms with van der Waals surface area (Å²) in [4.78, 5) is 23.1. The summed E-state index contributed by atoms with van der Waals surface area (Å²) >= 11 is 1.81. The fourth-order valence-electron chi connectivity index (χ4n) is 1.95. The predicted octanol–water partition coefficient (Wildman–Crippen LogP) is 2.30. The van der Waals surface area contributed by atoms with Gasteiger partial charge in [-0.2, -0.15) is 0 Å². The van der Waals surface area contributed by atoms with E-state index in [0.29, 0.717) is 9.13 Å². The number of nitrogens with two attached hydrogens (primary N) is 2. The van der Waals surface area contributed by atoms with Crippen molar-refractivity contribution >= 4 is 34.4 Å². The number of primary amides is 2.